The molecule has 1 heterocycles. The second-order valence-corrected chi connectivity index (χ2v) is 9.04. The van der Waals surface area contributed by atoms with Gasteiger partial charge < -0.3 is 4.90 Å². The van der Waals surface area contributed by atoms with Crippen molar-refractivity contribution < 1.29 is 4.79 Å². The Morgan fingerprint density at radius 3 is 1.77 bits per heavy atom. The summed E-state index contributed by atoms with van der Waals surface area (Å²) in [5, 5.41) is 0.818. The molecule has 31 heavy (non-hydrogen) atoms. The van der Waals surface area contributed by atoms with Crippen molar-refractivity contribution in [3.8, 4) is 0 Å². The van der Waals surface area contributed by atoms with Gasteiger partial charge in [-0.3, -0.25) is 9.69 Å². The Labute approximate surface area is 193 Å². The monoisotopic (exact) mass is 450 g/mol. The third-order valence-corrected chi connectivity index (χ3v) is 7.14. The van der Waals surface area contributed by atoms with Gasteiger partial charge in [0.05, 0.1) is 21.7 Å². The van der Waals surface area contributed by atoms with Crippen LogP contribution in [-0.4, -0.2) is 41.9 Å². The fraction of sp³-hybridized carbons (Fsp3) is 0.269. The van der Waals surface area contributed by atoms with E-state index in [4.69, 9.17) is 23.2 Å². The number of hydrogen-bond donors (Lipinski definition) is 0. The van der Waals surface area contributed by atoms with E-state index >= 15 is 0 Å². The highest BCUT2D eigenvalue weighted by Crippen LogP contribution is 2.37. The molecule has 0 atom stereocenters. The Hall–Kier alpha value is -2.33. The van der Waals surface area contributed by atoms with Crippen molar-refractivity contribution in [2.24, 2.45) is 0 Å². The van der Waals surface area contributed by atoms with Gasteiger partial charge in [0.2, 0.25) is 0 Å². The lowest BCUT2D eigenvalue weighted by Gasteiger charge is -2.40. The maximum atomic E-state index is 13.1. The van der Waals surface area contributed by atoms with Crippen LogP contribution >= 0.6 is 23.2 Å². The average Bonchev–Trinajstić information content (AvgIpc) is 2.96. The molecule has 0 aromatic heterocycles. The number of amides is 1. The number of carbonyl (C=O) groups excluding carboxylic acids is 1. The van der Waals surface area contributed by atoms with Crippen LogP contribution in [0.25, 0.3) is 0 Å². The summed E-state index contributed by atoms with van der Waals surface area (Å²) in [5.41, 5.74) is 6.03. The molecule has 3 aromatic carbocycles. The standard InChI is InChI=1S/C26H24Cl2N2O/c27-22-10-5-11-23(28)24(22)26(31)30-16-14-29(15-17-30)25-20-8-3-1-6-18(20)12-13-19-7-2-4-9-21(19)25/h1-11,25H,12-17H2. The molecule has 5 heteroatoms. The number of benzene rings is 3. The molecule has 0 bridgehead atoms. The summed E-state index contributed by atoms with van der Waals surface area (Å²) < 4.78 is 0. The number of halogens is 2. The Morgan fingerprint density at radius 2 is 1.23 bits per heavy atom. The minimum atomic E-state index is -0.0862. The SMILES string of the molecule is O=C(c1c(Cl)cccc1Cl)N1CCN(C2c3ccccc3CCc3ccccc32)CC1. The van der Waals surface area contributed by atoms with Gasteiger partial charge in [0.15, 0.2) is 0 Å². The molecule has 1 saturated heterocycles. The van der Waals surface area contributed by atoms with Crippen molar-refractivity contribution in [2.45, 2.75) is 18.9 Å². The number of hydrogen-bond acceptors (Lipinski definition) is 2. The highest BCUT2D eigenvalue weighted by Gasteiger charge is 2.32. The number of piperazine rings is 1. The molecule has 1 aliphatic heterocycles. The molecule has 3 nitrogen and oxygen atoms in total. The average molecular weight is 451 g/mol. The van der Waals surface area contributed by atoms with E-state index in [1.165, 1.54) is 22.3 Å². The molecule has 5 rings (SSSR count). The first kappa shape index (κ1) is 20.6. The number of carbonyl (C=O) groups is 1. The molecule has 158 valence electrons. The lowest BCUT2D eigenvalue weighted by Crippen LogP contribution is -2.50. The Morgan fingerprint density at radius 1 is 0.710 bits per heavy atom. The van der Waals surface area contributed by atoms with Gasteiger partial charge in [0, 0.05) is 26.2 Å². The van der Waals surface area contributed by atoms with E-state index in [0.29, 0.717) is 28.7 Å². The number of fused-ring (bicyclic) bond motifs is 2. The van der Waals surface area contributed by atoms with Crippen molar-refractivity contribution in [3.63, 3.8) is 0 Å². The third-order valence-electron chi connectivity index (χ3n) is 6.51. The van der Waals surface area contributed by atoms with Crippen molar-refractivity contribution >= 4 is 29.1 Å². The number of aryl methyl sites for hydroxylation is 2. The predicted octanol–water partition coefficient (Wildman–Crippen LogP) is 5.64. The van der Waals surface area contributed by atoms with Gasteiger partial charge >= 0.3 is 0 Å². The van der Waals surface area contributed by atoms with Crippen LogP contribution in [0.15, 0.2) is 66.7 Å². The number of rotatable bonds is 2. The van der Waals surface area contributed by atoms with Crippen LogP contribution in [0.5, 0.6) is 0 Å². The lowest BCUT2D eigenvalue weighted by molar-refractivity contribution is 0.0597. The summed E-state index contributed by atoms with van der Waals surface area (Å²) in [6.45, 7) is 2.92. The minimum Gasteiger partial charge on any atom is -0.336 e. The fourth-order valence-electron chi connectivity index (χ4n) is 4.93. The van der Waals surface area contributed by atoms with Crippen molar-refractivity contribution in [1.82, 2.24) is 9.80 Å². The maximum Gasteiger partial charge on any atom is 0.256 e. The third kappa shape index (κ3) is 3.87. The van der Waals surface area contributed by atoms with Crippen LogP contribution in [0.2, 0.25) is 10.0 Å². The van der Waals surface area contributed by atoms with Gasteiger partial charge in [-0.25, -0.2) is 0 Å². The minimum absolute atomic E-state index is 0.0862. The Balaban J connectivity index is 1.42. The highest BCUT2D eigenvalue weighted by atomic mass is 35.5. The molecular weight excluding hydrogens is 427 g/mol. The summed E-state index contributed by atoms with van der Waals surface area (Å²) >= 11 is 12.6. The van der Waals surface area contributed by atoms with E-state index in [9.17, 15) is 4.79 Å². The van der Waals surface area contributed by atoms with Gasteiger partial charge in [-0.1, -0.05) is 77.8 Å². The van der Waals surface area contributed by atoms with Crippen LogP contribution in [0.4, 0.5) is 0 Å². The van der Waals surface area contributed by atoms with Gasteiger partial charge in [0.1, 0.15) is 0 Å². The normalized spacial score (nSPS) is 17.0. The van der Waals surface area contributed by atoms with E-state index in [2.05, 4.69) is 53.4 Å². The van der Waals surface area contributed by atoms with E-state index in [-0.39, 0.29) is 11.9 Å². The first-order valence-electron chi connectivity index (χ1n) is 10.8. The highest BCUT2D eigenvalue weighted by molar-refractivity contribution is 6.39. The molecule has 0 spiro atoms. The molecule has 0 unspecified atom stereocenters. The summed E-state index contributed by atoms with van der Waals surface area (Å²) in [6.07, 6.45) is 2.13. The molecule has 3 aromatic rings. The zero-order chi connectivity index (χ0) is 21.4. The number of nitrogens with zero attached hydrogens (tertiary/aromatic N) is 2. The van der Waals surface area contributed by atoms with Crippen molar-refractivity contribution in [3.05, 3.63) is 105 Å². The zero-order valence-electron chi connectivity index (χ0n) is 17.2. The molecule has 1 amide bonds. The Kier molecular flexibility index (Phi) is 5.75. The largest absolute Gasteiger partial charge is 0.336 e. The van der Waals surface area contributed by atoms with E-state index in [1.54, 1.807) is 18.2 Å². The maximum absolute atomic E-state index is 13.1. The van der Waals surface area contributed by atoms with Crippen LogP contribution in [0.3, 0.4) is 0 Å². The van der Waals surface area contributed by atoms with Crippen molar-refractivity contribution in [1.29, 1.82) is 0 Å². The summed E-state index contributed by atoms with van der Waals surface area (Å²) in [5.74, 6) is -0.0862. The van der Waals surface area contributed by atoms with Gasteiger partial charge in [0.25, 0.3) is 5.91 Å². The second-order valence-electron chi connectivity index (χ2n) is 8.22. The van der Waals surface area contributed by atoms with Crippen LogP contribution in [0, 0.1) is 0 Å². The van der Waals surface area contributed by atoms with Crippen LogP contribution in [0.1, 0.15) is 38.7 Å². The van der Waals surface area contributed by atoms with E-state index < -0.39 is 0 Å². The molecule has 0 N–H and O–H groups in total. The lowest BCUT2D eigenvalue weighted by atomic mass is 9.92. The molecule has 0 radical (unpaired) electrons. The van der Waals surface area contributed by atoms with Crippen LogP contribution < -0.4 is 0 Å². The summed E-state index contributed by atoms with van der Waals surface area (Å²) in [4.78, 5) is 17.5. The van der Waals surface area contributed by atoms with E-state index in [0.717, 1.165) is 25.9 Å². The van der Waals surface area contributed by atoms with Gasteiger partial charge in [-0.15, -0.1) is 0 Å². The second kappa shape index (κ2) is 8.66. The van der Waals surface area contributed by atoms with Crippen LogP contribution in [-0.2, 0) is 12.8 Å². The van der Waals surface area contributed by atoms with Gasteiger partial charge in [-0.05, 0) is 47.2 Å². The first-order chi connectivity index (χ1) is 15.1. The predicted molar refractivity (Wildman–Crippen MR) is 126 cm³/mol. The molecule has 0 saturated carbocycles. The molecule has 2 aliphatic rings. The quantitative estimate of drug-likeness (QED) is 0.504. The summed E-state index contributed by atoms with van der Waals surface area (Å²) in [7, 11) is 0. The van der Waals surface area contributed by atoms with Crippen molar-refractivity contribution in [2.75, 3.05) is 26.2 Å². The molecule has 1 fully saturated rings. The zero-order valence-corrected chi connectivity index (χ0v) is 18.7. The molecule has 1 aliphatic carbocycles. The summed E-state index contributed by atoms with van der Waals surface area (Å²) in [6, 6.07) is 23.0. The first-order valence-corrected chi connectivity index (χ1v) is 11.5. The topological polar surface area (TPSA) is 23.6 Å². The Bertz CT molecular complexity index is 1050. The molecular formula is C26H24Cl2N2O. The van der Waals surface area contributed by atoms with E-state index in [1.807, 2.05) is 4.90 Å². The smallest absolute Gasteiger partial charge is 0.256 e. The van der Waals surface area contributed by atoms with Gasteiger partial charge in [-0.2, -0.15) is 0 Å². The fourth-order valence-corrected chi connectivity index (χ4v) is 5.49.